The summed E-state index contributed by atoms with van der Waals surface area (Å²) in [6.45, 7) is 4.11. The quantitative estimate of drug-likeness (QED) is 0.272. The summed E-state index contributed by atoms with van der Waals surface area (Å²) in [7, 11) is 0. The molecule has 1 aliphatic rings. The molecule has 2 heterocycles. The Balaban J connectivity index is 1.55. The highest BCUT2D eigenvalue weighted by atomic mass is 35.5. The van der Waals surface area contributed by atoms with Crippen LogP contribution in [-0.4, -0.2) is 5.91 Å². The predicted molar refractivity (Wildman–Crippen MR) is 140 cm³/mol. The number of carbonyl (C=O) groups excluding carboxylic acids is 1. The first kappa shape index (κ1) is 22.3. The smallest absolute Gasteiger partial charge is 0.263 e. The molecule has 0 N–H and O–H groups in total. The number of hydrogen-bond donors (Lipinski definition) is 0. The van der Waals surface area contributed by atoms with Crippen molar-refractivity contribution in [3.05, 3.63) is 123 Å². The maximum absolute atomic E-state index is 13.6. The van der Waals surface area contributed by atoms with E-state index in [-0.39, 0.29) is 5.91 Å². The van der Waals surface area contributed by atoms with Gasteiger partial charge in [-0.2, -0.15) is 0 Å². The molecule has 5 rings (SSSR count). The van der Waals surface area contributed by atoms with Crippen LogP contribution >= 0.6 is 23.2 Å². The Morgan fingerprint density at radius 3 is 2.32 bits per heavy atom. The van der Waals surface area contributed by atoms with Crippen LogP contribution in [0.1, 0.15) is 22.5 Å². The molecule has 0 unspecified atom stereocenters. The van der Waals surface area contributed by atoms with E-state index in [0.717, 1.165) is 28.1 Å². The first-order chi connectivity index (χ1) is 16.4. The summed E-state index contributed by atoms with van der Waals surface area (Å²) in [4.78, 5) is 15.3. The summed E-state index contributed by atoms with van der Waals surface area (Å²) in [5.41, 5.74) is 6.31. The van der Waals surface area contributed by atoms with Crippen molar-refractivity contribution < 1.29 is 9.21 Å². The summed E-state index contributed by atoms with van der Waals surface area (Å²) in [5, 5.41) is 0.946. The molecule has 5 heteroatoms. The van der Waals surface area contributed by atoms with Crippen molar-refractivity contribution in [1.82, 2.24) is 0 Å². The average Bonchev–Trinajstić information content (AvgIpc) is 3.43. The summed E-state index contributed by atoms with van der Waals surface area (Å²) >= 11 is 12.2. The van der Waals surface area contributed by atoms with Crippen molar-refractivity contribution in [2.45, 2.75) is 13.8 Å². The van der Waals surface area contributed by atoms with Crippen LogP contribution in [0.4, 0.5) is 5.69 Å². The maximum atomic E-state index is 13.6. The number of halogens is 2. The molecule has 0 saturated heterocycles. The monoisotopic (exact) mass is 485 g/mol. The van der Waals surface area contributed by atoms with Crippen LogP contribution in [0.25, 0.3) is 23.1 Å². The fourth-order valence-electron chi connectivity index (χ4n) is 3.95. The molecule has 3 aromatic carbocycles. The molecule has 0 fully saturated rings. The normalized spacial score (nSPS) is 14.7. The number of rotatable bonds is 4. The number of carbonyl (C=O) groups is 1. The second kappa shape index (κ2) is 9.02. The lowest BCUT2D eigenvalue weighted by Gasteiger charge is -2.21. The molecule has 0 bridgehead atoms. The highest BCUT2D eigenvalue weighted by Crippen LogP contribution is 2.36. The van der Waals surface area contributed by atoms with E-state index >= 15 is 0 Å². The molecule has 3 nitrogen and oxygen atoms in total. The third-order valence-electron chi connectivity index (χ3n) is 5.93. The highest BCUT2D eigenvalue weighted by Gasteiger charge is 2.30. The van der Waals surface area contributed by atoms with Crippen molar-refractivity contribution in [3.8, 4) is 11.3 Å². The van der Waals surface area contributed by atoms with E-state index in [2.05, 4.69) is 13.8 Å². The van der Waals surface area contributed by atoms with Crippen LogP contribution in [0.2, 0.25) is 10.0 Å². The number of amides is 1. The molecule has 1 amide bonds. The molecular formula is C29H21Cl2NO2. The molecule has 168 valence electrons. The SMILES string of the molecule is Cc1ccc(N2C(=O)/C(=C/c3ccc(-c4ccc(Cl)c(Cl)c4)o3)C=C2c2ccccc2)cc1C. The van der Waals surface area contributed by atoms with Crippen molar-refractivity contribution in [2.75, 3.05) is 4.90 Å². The summed E-state index contributed by atoms with van der Waals surface area (Å²) < 4.78 is 6.01. The number of nitrogens with zero attached hydrogens (tertiary/aromatic N) is 1. The first-order valence-electron chi connectivity index (χ1n) is 10.9. The van der Waals surface area contributed by atoms with Gasteiger partial charge in [-0.1, -0.05) is 59.6 Å². The van der Waals surface area contributed by atoms with E-state index < -0.39 is 0 Å². The van der Waals surface area contributed by atoms with E-state index in [1.54, 1.807) is 23.1 Å². The van der Waals surface area contributed by atoms with E-state index in [0.29, 0.717) is 27.1 Å². The summed E-state index contributed by atoms with van der Waals surface area (Å²) in [6, 6.07) is 25.0. The zero-order valence-electron chi connectivity index (χ0n) is 18.7. The molecular weight excluding hydrogens is 465 g/mol. The lowest BCUT2D eigenvalue weighted by molar-refractivity contribution is -0.113. The topological polar surface area (TPSA) is 33.5 Å². The molecule has 0 radical (unpaired) electrons. The van der Waals surface area contributed by atoms with Gasteiger partial charge >= 0.3 is 0 Å². The van der Waals surface area contributed by atoms with E-state index in [1.807, 2.05) is 72.8 Å². The zero-order chi connectivity index (χ0) is 23.8. The van der Waals surface area contributed by atoms with E-state index in [9.17, 15) is 4.79 Å². The zero-order valence-corrected chi connectivity index (χ0v) is 20.2. The van der Waals surface area contributed by atoms with Gasteiger partial charge in [0.2, 0.25) is 0 Å². The molecule has 4 aromatic rings. The fourth-order valence-corrected chi connectivity index (χ4v) is 4.24. The second-order valence-electron chi connectivity index (χ2n) is 8.24. The number of anilines is 1. The Bertz CT molecular complexity index is 1460. The number of aryl methyl sites for hydroxylation is 2. The van der Waals surface area contributed by atoms with Crippen molar-refractivity contribution in [3.63, 3.8) is 0 Å². The van der Waals surface area contributed by atoms with Crippen LogP contribution in [0, 0.1) is 13.8 Å². The van der Waals surface area contributed by atoms with Crippen molar-refractivity contribution in [1.29, 1.82) is 0 Å². The third kappa shape index (κ3) is 4.21. The van der Waals surface area contributed by atoms with Gasteiger partial charge in [-0.15, -0.1) is 0 Å². The third-order valence-corrected chi connectivity index (χ3v) is 6.67. The maximum Gasteiger partial charge on any atom is 0.263 e. The van der Waals surface area contributed by atoms with E-state index in [1.165, 1.54) is 5.56 Å². The fraction of sp³-hybridized carbons (Fsp3) is 0.0690. The van der Waals surface area contributed by atoms with Crippen LogP contribution in [0.3, 0.4) is 0 Å². The van der Waals surface area contributed by atoms with E-state index in [4.69, 9.17) is 27.6 Å². The van der Waals surface area contributed by atoms with Crippen molar-refractivity contribution in [2.24, 2.45) is 0 Å². The van der Waals surface area contributed by atoms with Gasteiger partial charge in [0.05, 0.1) is 15.7 Å². The number of furan rings is 1. The van der Waals surface area contributed by atoms with Gasteiger partial charge in [-0.3, -0.25) is 9.69 Å². The van der Waals surface area contributed by atoms with Crippen LogP contribution in [0.15, 0.2) is 94.9 Å². The Morgan fingerprint density at radius 1 is 0.794 bits per heavy atom. The molecule has 0 aliphatic carbocycles. The Hall–Kier alpha value is -3.53. The van der Waals surface area contributed by atoms with Gasteiger partial charge in [0.1, 0.15) is 11.5 Å². The Morgan fingerprint density at radius 2 is 1.59 bits per heavy atom. The first-order valence-corrected chi connectivity index (χ1v) is 11.6. The number of hydrogen-bond acceptors (Lipinski definition) is 2. The highest BCUT2D eigenvalue weighted by molar-refractivity contribution is 6.42. The second-order valence-corrected chi connectivity index (χ2v) is 9.05. The molecule has 0 spiro atoms. The molecule has 0 atom stereocenters. The van der Waals surface area contributed by atoms with Crippen LogP contribution in [-0.2, 0) is 4.79 Å². The molecule has 1 aliphatic heterocycles. The summed E-state index contributed by atoms with van der Waals surface area (Å²) in [5.74, 6) is 1.12. The van der Waals surface area contributed by atoms with Gasteiger partial charge < -0.3 is 4.42 Å². The molecule has 34 heavy (non-hydrogen) atoms. The molecule has 1 aromatic heterocycles. The van der Waals surface area contributed by atoms with Crippen LogP contribution < -0.4 is 4.90 Å². The van der Waals surface area contributed by atoms with Gasteiger partial charge in [-0.25, -0.2) is 0 Å². The minimum absolute atomic E-state index is 0.102. The Labute approximate surface area is 208 Å². The number of benzene rings is 3. The van der Waals surface area contributed by atoms with Gasteiger partial charge in [-0.05, 0) is 85.2 Å². The van der Waals surface area contributed by atoms with Gasteiger partial charge in [0, 0.05) is 16.8 Å². The standard InChI is InChI=1S/C29H21Cl2NO2/c1-18-8-10-23(14-19(18)2)32-27(20-6-4-3-5-7-20)17-22(29(32)33)15-24-11-13-28(34-24)21-9-12-25(30)26(31)16-21/h3-17H,1-2H3/b22-15+. The lowest BCUT2D eigenvalue weighted by Crippen LogP contribution is -2.25. The van der Waals surface area contributed by atoms with Crippen molar-refractivity contribution >= 4 is 46.6 Å². The van der Waals surface area contributed by atoms with Crippen LogP contribution in [0.5, 0.6) is 0 Å². The lowest BCUT2D eigenvalue weighted by atomic mass is 10.1. The average molecular weight is 486 g/mol. The Kier molecular flexibility index (Phi) is 5.91. The minimum Gasteiger partial charge on any atom is -0.457 e. The largest absolute Gasteiger partial charge is 0.457 e. The summed E-state index contributed by atoms with van der Waals surface area (Å²) in [6.07, 6.45) is 3.68. The molecule has 0 saturated carbocycles. The van der Waals surface area contributed by atoms with Gasteiger partial charge in [0.25, 0.3) is 5.91 Å². The minimum atomic E-state index is -0.102. The van der Waals surface area contributed by atoms with Gasteiger partial charge in [0.15, 0.2) is 0 Å². The predicted octanol–water partition coefficient (Wildman–Crippen LogP) is 8.34.